The summed E-state index contributed by atoms with van der Waals surface area (Å²) < 4.78 is 0.923. The van der Waals surface area contributed by atoms with Crippen LogP contribution >= 0.6 is 27.3 Å². The molecule has 0 saturated heterocycles. The summed E-state index contributed by atoms with van der Waals surface area (Å²) in [5.74, 6) is 0.551. The Morgan fingerprint density at radius 1 is 1.36 bits per heavy atom. The Bertz CT molecular complexity index is 540. The fourth-order valence-corrected chi connectivity index (χ4v) is 3.66. The van der Waals surface area contributed by atoms with E-state index < -0.39 is 0 Å². The topological polar surface area (TPSA) is 40.6 Å². The van der Waals surface area contributed by atoms with Crippen LogP contribution in [0.15, 0.2) is 15.9 Å². The molecule has 1 saturated carbocycles. The third kappa shape index (κ3) is 4.81. The number of rotatable bonds is 7. The van der Waals surface area contributed by atoms with Crippen LogP contribution in [0.25, 0.3) is 0 Å². The van der Waals surface area contributed by atoms with Crippen LogP contribution in [-0.2, 0) is 4.79 Å². The minimum atomic E-state index is -0.0938. The summed E-state index contributed by atoms with van der Waals surface area (Å²) in [5, 5.41) is 0. The minimum Gasteiger partial charge on any atom is -0.338 e. The molecule has 1 heterocycles. The van der Waals surface area contributed by atoms with E-state index in [0.29, 0.717) is 16.8 Å². The number of carbonyl (C=O) groups excluding carboxylic acids is 2. The molecule has 1 fully saturated rings. The number of halogens is 1. The number of hydrogen-bond acceptors (Lipinski definition) is 3. The molecule has 122 valence electrons. The SMILES string of the molecule is CC(C)CCN(C(=O)CN(C)C(=O)c1ccc(Br)s1)C1CC1. The van der Waals surface area contributed by atoms with Gasteiger partial charge in [-0.3, -0.25) is 9.59 Å². The van der Waals surface area contributed by atoms with Crippen LogP contribution in [-0.4, -0.2) is 47.8 Å². The van der Waals surface area contributed by atoms with Crippen LogP contribution < -0.4 is 0 Å². The van der Waals surface area contributed by atoms with Crippen molar-refractivity contribution in [1.82, 2.24) is 9.80 Å². The van der Waals surface area contributed by atoms with Crippen LogP contribution in [0.2, 0.25) is 0 Å². The van der Waals surface area contributed by atoms with E-state index in [9.17, 15) is 9.59 Å². The highest BCUT2D eigenvalue weighted by molar-refractivity contribution is 9.11. The second-order valence-corrected chi connectivity index (χ2v) is 8.73. The van der Waals surface area contributed by atoms with E-state index in [1.54, 1.807) is 13.1 Å². The molecular weight excluding hydrogens is 364 g/mol. The maximum atomic E-state index is 12.5. The summed E-state index contributed by atoms with van der Waals surface area (Å²) in [4.78, 5) is 29.0. The van der Waals surface area contributed by atoms with E-state index in [1.165, 1.54) is 16.2 Å². The molecule has 0 radical (unpaired) electrons. The van der Waals surface area contributed by atoms with Gasteiger partial charge in [0.25, 0.3) is 5.91 Å². The second kappa shape index (κ2) is 7.59. The number of carbonyl (C=O) groups is 2. The molecule has 6 heteroatoms. The molecule has 0 bridgehead atoms. The van der Waals surface area contributed by atoms with Crippen molar-refractivity contribution in [1.29, 1.82) is 0 Å². The number of hydrogen-bond donors (Lipinski definition) is 0. The monoisotopic (exact) mass is 386 g/mol. The lowest BCUT2D eigenvalue weighted by atomic mass is 10.1. The Morgan fingerprint density at radius 2 is 2.05 bits per heavy atom. The summed E-state index contributed by atoms with van der Waals surface area (Å²) in [7, 11) is 1.70. The van der Waals surface area contributed by atoms with Gasteiger partial charge < -0.3 is 9.80 Å². The minimum absolute atomic E-state index is 0.0645. The molecule has 4 nitrogen and oxygen atoms in total. The first-order valence-corrected chi connectivity index (χ1v) is 9.29. The molecule has 0 aromatic carbocycles. The Balaban J connectivity index is 1.92. The van der Waals surface area contributed by atoms with Crippen molar-refractivity contribution in [3.63, 3.8) is 0 Å². The Morgan fingerprint density at radius 3 is 2.55 bits per heavy atom. The van der Waals surface area contributed by atoms with Crippen LogP contribution in [0, 0.1) is 5.92 Å². The molecule has 1 aliphatic carbocycles. The molecule has 0 unspecified atom stereocenters. The van der Waals surface area contributed by atoms with Crippen molar-refractivity contribution in [3.05, 3.63) is 20.8 Å². The van der Waals surface area contributed by atoms with E-state index in [4.69, 9.17) is 0 Å². The van der Waals surface area contributed by atoms with Crippen molar-refractivity contribution in [3.8, 4) is 0 Å². The highest BCUT2D eigenvalue weighted by atomic mass is 79.9. The fraction of sp³-hybridized carbons (Fsp3) is 0.625. The lowest BCUT2D eigenvalue weighted by Crippen LogP contribution is -2.42. The van der Waals surface area contributed by atoms with Gasteiger partial charge in [-0.25, -0.2) is 0 Å². The van der Waals surface area contributed by atoms with Gasteiger partial charge in [0.1, 0.15) is 0 Å². The molecule has 0 N–H and O–H groups in total. The third-order valence-corrected chi connectivity index (χ3v) is 5.37. The molecule has 0 aliphatic heterocycles. The van der Waals surface area contributed by atoms with E-state index >= 15 is 0 Å². The maximum Gasteiger partial charge on any atom is 0.264 e. The quantitative estimate of drug-likeness (QED) is 0.717. The molecule has 1 aromatic heterocycles. The molecule has 2 amide bonds. The Hall–Kier alpha value is -0.880. The van der Waals surface area contributed by atoms with E-state index in [2.05, 4.69) is 29.8 Å². The molecule has 2 rings (SSSR count). The third-order valence-electron chi connectivity index (χ3n) is 3.76. The highest BCUT2D eigenvalue weighted by Gasteiger charge is 2.33. The zero-order valence-electron chi connectivity index (χ0n) is 13.3. The van der Waals surface area contributed by atoms with Gasteiger partial charge in [-0.1, -0.05) is 13.8 Å². The normalized spacial score (nSPS) is 14.2. The lowest BCUT2D eigenvalue weighted by molar-refractivity contribution is -0.132. The number of amides is 2. The van der Waals surface area contributed by atoms with Crippen molar-refractivity contribution >= 4 is 39.1 Å². The van der Waals surface area contributed by atoms with Crippen LogP contribution in [0.1, 0.15) is 42.8 Å². The van der Waals surface area contributed by atoms with E-state index in [-0.39, 0.29) is 18.4 Å². The van der Waals surface area contributed by atoms with Crippen molar-refractivity contribution in [2.24, 2.45) is 5.92 Å². The smallest absolute Gasteiger partial charge is 0.264 e. The first kappa shape index (κ1) is 17.5. The van der Waals surface area contributed by atoms with Crippen LogP contribution in [0.4, 0.5) is 0 Å². The standard InChI is InChI=1S/C16H23BrN2O2S/c1-11(2)8-9-19(12-4-5-12)15(20)10-18(3)16(21)13-6-7-14(17)22-13/h6-7,11-12H,4-5,8-10H2,1-3H3. The summed E-state index contributed by atoms with van der Waals surface area (Å²) in [6.07, 6.45) is 3.20. The first-order chi connectivity index (χ1) is 10.4. The number of nitrogens with zero attached hydrogens (tertiary/aromatic N) is 2. The van der Waals surface area contributed by atoms with E-state index in [1.807, 2.05) is 11.0 Å². The van der Waals surface area contributed by atoms with Gasteiger partial charge in [0.2, 0.25) is 5.91 Å². The number of thiophene rings is 1. The van der Waals surface area contributed by atoms with Gasteiger partial charge in [-0.2, -0.15) is 0 Å². The van der Waals surface area contributed by atoms with Crippen LogP contribution in [0.3, 0.4) is 0 Å². The van der Waals surface area contributed by atoms with Crippen molar-refractivity contribution < 1.29 is 9.59 Å². The summed E-state index contributed by atoms with van der Waals surface area (Å²) >= 11 is 4.75. The second-order valence-electron chi connectivity index (χ2n) is 6.27. The summed E-state index contributed by atoms with van der Waals surface area (Å²) in [5.41, 5.74) is 0. The van der Waals surface area contributed by atoms with Gasteiger partial charge in [-0.15, -0.1) is 11.3 Å². The summed E-state index contributed by atoms with van der Waals surface area (Å²) in [6.45, 7) is 5.29. The molecular formula is C16H23BrN2O2S. The van der Waals surface area contributed by atoms with Gasteiger partial charge in [0, 0.05) is 19.6 Å². The van der Waals surface area contributed by atoms with Gasteiger partial charge >= 0.3 is 0 Å². The first-order valence-electron chi connectivity index (χ1n) is 7.68. The Labute approximate surface area is 144 Å². The Kier molecular flexibility index (Phi) is 6.03. The average Bonchev–Trinajstić information content (AvgIpc) is 3.18. The predicted molar refractivity (Wildman–Crippen MR) is 93.2 cm³/mol. The van der Waals surface area contributed by atoms with Gasteiger partial charge in [0.05, 0.1) is 15.2 Å². The van der Waals surface area contributed by atoms with Gasteiger partial charge in [0.15, 0.2) is 0 Å². The van der Waals surface area contributed by atoms with Gasteiger partial charge in [-0.05, 0) is 53.2 Å². The average molecular weight is 387 g/mol. The van der Waals surface area contributed by atoms with E-state index in [0.717, 1.165) is 29.6 Å². The molecule has 1 aromatic rings. The molecule has 22 heavy (non-hydrogen) atoms. The highest BCUT2D eigenvalue weighted by Crippen LogP contribution is 2.28. The van der Waals surface area contributed by atoms with Crippen LogP contribution in [0.5, 0.6) is 0 Å². The summed E-state index contributed by atoms with van der Waals surface area (Å²) in [6, 6.07) is 4.04. The van der Waals surface area contributed by atoms with Crippen molar-refractivity contribution in [2.75, 3.05) is 20.1 Å². The predicted octanol–water partition coefficient (Wildman–Crippen LogP) is 3.62. The lowest BCUT2D eigenvalue weighted by Gasteiger charge is -2.26. The fourth-order valence-electron chi connectivity index (χ4n) is 2.28. The molecule has 0 spiro atoms. The zero-order chi connectivity index (χ0) is 16.3. The molecule has 0 atom stereocenters. The largest absolute Gasteiger partial charge is 0.338 e. The maximum absolute atomic E-state index is 12.5. The van der Waals surface area contributed by atoms with Crippen molar-refractivity contribution in [2.45, 2.75) is 39.2 Å². The molecule has 1 aliphatic rings. The number of likely N-dealkylation sites (N-methyl/N-ethyl adjacent to an activating group) is 1. The zero-order valence-corrected chi connectivity index (χ0v) is 15.7.